The van der Waals surface area contributed by atoms with Gasteiger partial charge in [-0.15, -0.1) is 0 Å². The Kier molecular flexibility index (Phi) is 5.27. The van der Waals surface area contributed by atoms with Crippen LogP contribution in [0.3, 0.4) is 0 Å². The molecule has 1 N–H and O–H groups in total. The second-order valence-electron chi connectivity index (χ2n) is 6.47. The zero-order valence-electron chi connectivity index (χ0n) is 15.4. The normalized spacial score (nSPS) is 14.2. The first-order valence-corrected chi connectivity index (χ1v) is 9.74. The van der Waals surface area contributed by atoms with Gasteiger partial charge in [0.05, 0.1) is 36.2 Å². The summed E-state index contributed by atoms with van der Waals surface area (Å²) in [6, 6.07) is 8.82. The van der Waals surface area contributed by atoms with Gasteiger partial charge in [-0.25, -0.2) is 4.98 Å². The monoisotopic (exact) mass is 400 g/mol. The van der Waals surface area contributed by atoms with Crippen LogP contribution in [0.5, 0.6) is 0 Å². The number of fused-ring (bicyclic) bond motifs is 1. The van der Waals surface area contributed by atoms with E-state index in [1.54, 1.807) is 30.5 Å². The van der Waals surface area contributed by atoms with Gasteiger partial charge < -0.3 is 24.3 Å². The number of thiazole rings is 1. The predicted molar refractivity (Wildman–Crippen MR) is 107 cm³/mol. The van der Waals surface area contributed by atoms with Crippen LogP contribution in [-0.4, -0.2) is 61.6 Å². The lowest BCUT2D eigenvalue weighted by molar-refractivity contribution is -0.116. The van der Waals surface area contributed by atoms with Crippen molar-refractivity contribution in [3.63, 3.8) is 0 Å². The number of hydrogen-bond donors (Lipinski definition) is 1. The summed E-state index contributed by atoms with van der Waals surface area (Å²) in [4.78, 5) is 32.7. The maximum atomic E-state index is 12.3. The summed E-state index contributed by atoms with van der Waals surface area (Å²) >= 11 is 1.59. The number of aromatic nitrogens is 1. The van der Waals surface area contributed by atoms with Crippen LogP contribution < -0.4 is 10.2 Å². The zero-order valence-corrected chi connectivity index (χ0v) is 16.2. The summed E-state index contributed by atoms with van der Waals surface area (Å²) in [5.74, 6) is -0.412. The van der Waals surface area contributed by atoms with Gasteiger partial charge in [0, 0.05) is 25.8 Å². The van der Waals surface area contributed by atoms with Crippen molar-refractivity contribution >= 4 is 44.2 Å². The Labute approximate surface area is 165 Å². The Morgan fingerprint density at radius 3 is 2.86 bits per heavy atom. The topological polar surface area (TPSA) is 87.9 Å². The van der Waals surface area contributed by atoms with E-state index in [1.165, 1.54) is 11.2 Å². The van der Waals surface area contributed by atoms with Gasteiger partial charge in [0.15, 0.2) is 10.9 Å². The molecule has 0 radical (unpaired) electrons. The molecule has 8 nitrogen and oxygen atoms in total. The molecule has 9 heteroatoms. The van der Waals surface area contributed by atoms with E-state index in [9.17, 15) is 9.59 Å². The van der Waals surface area contributed by atoms with Crippen LogP contribution in [0.15, 0.2) is 41.0 Å². The summed E-state index contributed by atoms with van der Waals surface area (Å²) in [6.07, 6.45) is 1.43. The van der Waals surface area contributed by atoms with E-state index >= 15 is 0 Å². The van der Waals surface area contributed by atoms with E-state index in [0.717, 1.165) is 28.4 Å². The fraction of sp³-hybridized carbons (Fsp3) is 0.316. The van der Waals surface area contributed by atoms with Crippen molar-refractivity contribution in [2.24, 2.45) is 0 Å². The summed E-state index contributed by atoms with van der Waals surface area (Å²) < 4.78 is 11.5. The van der Waals surface area contributed by atoms with Crippen LogP contribution in [0.1, 0.15) is 10.6 Å². The van der Waals surface area contributed by atoms with Crippen LogP contribution in [0, 0.1) is 0 Å². The van der Waals surface area contributed by atoms with Crippen molar-refractivity contribution in [1.82, 2.24) is 9.88 Å². The average molecular weight is 400 g/mol. The van der Waals surface area contributed by atoms with Crippen LogP contribution in [0.25, 0.3) is 10.2 Å². The molecule has 0 spiro atoms. The van der Waals surface area contributed by atoms with Crippen LogP contribution in [-0.2, 0) is 9.53 Å². The third kappa shape index (κ3) is 4.00. The van der Waals surface area contributed by atoms with E-state index in [2.05, 4.69) is 15.2 Å². The third-order valence-electron chi connectivity index (χ3n) is 4.40. The molecule has 28 heavy (non-hydrogen) atoms. The lowest BCUT2D eigenvalue weighted by Gasteiger charge is -2.25. The first kappa shape index (κ1) is 18.5. The highest BCUT2D eigenvalue weighted by Gasteiger charge is 2.18. The molecule has 146 valence electrons. The number of nitrogens with zero attached hydrogens (tertiary/aromatic N) is 3. The van der Waals surface area contributed by atoms with Crippen LogP contribution in [0.4, 0.5) is 10.8 Å². The molecule has 2 amide bonds. The molecule has 1 aliphatic rings. The number of nitrogens with one attached hydrogen (secondary N) is 1. The molecule has 0 bridgehead atoms. The molecule has 1 fully saturated rings. The molecule has 1 aromatic carbocycles. The highest BCUT2D eigenvalue weighted by atomic mass is 32.1. The highest BCUT2D eigenvalue weighted by molar-refractivity contribution is 7.22. The van der Waals surface area contributed by atoms with Gasteiger partial charge in [0.25, 0.3) is 5.91 Å². The minimum atomic E-state index is -0.340. The van der Waals surface area contributed by atoms with E-state index in [-0.39, 0.29) is 24.1 Å². The van der Waals surface area contributed by atoms with Gasteiger partial charge >= 0.3 is 0 Å². The lowest BCUT2D eigenvalue weighted by Crippen LogP contribution is -2.36. The second-order valence-corrected chi connectivity index (χ2v) is 7.47. The van der Waals surface area contributed by atoms with Crippen molar-refractivity contribution in [2.75, 3.05) is 50.1 Å². The van der Waals surface area contributed by atoms with Gasteiger partial charge in [-0.05, 0) is 30.3 Å². The number of furan rings is 1. The Balaban J connectivity index is 1.41. The first-order valence-electron chi connectivity index (χ1n) is 8.92. The molecule has 3 aromatic rings. The second kappa shape index (κ2) is 7.99. The standard InChI is InChI=1S/C19H20N4O4S/c1-22(18(25)15-3-2-8-27-15)12-17(24)20-13-4-5-14-16(11-13)28-19(21-14)23-6-9-26-10-7-23/h2-5,8,11H,6-7,9-10,12H2,1H3,(H,20,24). The van der Waals surface area contributed by atoms with Crippen molar-refractivity contribution < 1.29 is 18.7 Å². The molecule has 4 rings (SSSR count). The van der Waals surface area contributed by atoms with Crippen molar-refractivity contribution in [3.8, 4) is 0 Å². The van der Waals surface area contributed by atoms with E-state index in [4.69, 9.17) is 9.15 Å². The maximum Gasteiger partial charge on any atom is 0.289 e. The number of carbonyl (C=O) groups excluding carboxylic acids is 2. The smallest absolute Gasteiger partial charge is 0.289 e. The number of morpholine rings is 1. The minimum absolute atomic E-state index is 0.0702. The van der Waals surface area contributed by atoms with Gasteiger partial charge in [-0.3, -0.25) is 9.59 Å². The van der Waals surface area contributed by atoms with Crippen molar-refractivity contribution in [2.45, 2.75) is 0 Å². The Hall–Kier alpha value is -2.91. The van der Waals surface area contributed by atoms with Crippen molar-refractivity contribution in [3.05, 3.63) is 42.4 Å². The van der Waals surface area contributed by atoms with Crippen LogP contribution >= 0.6 is 11.3 Å². The fourth-order valence-corrected chi connectivity index (χ4v) is 4.01. The lowest BCUT2D eigenvalue weighted by atomic mass is 10.3. The number of hydrogen-bond acceptors (Lipinski definition) is 7. The third-order valence-corrected chi connectivity index (χ3v) is 5.48. The molecule has 0 saturated carbocycles. The summed E-state index contributed by atoms with van der Waals surface area (Å²) in [7, 11) is 1.56. The maximum absolute atomic E-state index is 12.3. The molecule has 1 aliphatic heterocycles. The SMILES string of the molecule is CN(CC(=O)Nc1ccc2nc(N3CCOCC3)sc2c1)C(=O)c1ccco1. The number of benzene rings is 1. The predicted octanol–water partition coefficient (Wildman–Crippen LogP) is 2.44. The fourth-order valence-electron chi connectivity index (χ4n) is 2.96. The van der Waals surface area contributed by atoms with Gasteiger partial charge in [0.1, 0.15) is 0 Å². The van der Waals surface area contributed by atoms with Crippen LogP contribution in [0.2, 0.25) is 0 Å². The van der Waals surface area contributed by atoms with Gasteiger partial charge in [-0.1, -0.05) is 11.3 Å². The Morgan fingerprint density at radius 1 is 1.29 bits per heavy atom. The largest absolute Gasteiger partial charge is 0.459 e. The van der Waals surface area contributed by atoms with E-state index < -0.39 is 0 Å². The van der Waals surface area contributed by atoms with Crippen molar-refractivity contribution in [1.29, 1.82) is 0 Å². The number of rotatable bonds is 5. The van der Waals surface area contributed by atoms with E-state index in [1.807, 2.05) is 18.2 Å². The Morgan fingerprint density at radius 2 is 2.11 bits per heavy atom. The molecule has 3 heterocycles. The molecule has 1 saturated heterocycles. The summed E-state index contributed by atoms with van der Waals surface area (Å²) in [5, 5.41) is 3.80. The molecular formula is C19H20N4O4S. The summed E-state index contributed by atoms with van der Waals surface area (Å²) in [6.45, 7) is 3.02. The molecule has 0 unspecified atom stereocenters. The minimum Gasteiger partial charge on any atom is -0.459 e. The highest BCUT2D eigenvalue weighted by Crippen LogP contribution is 2.31. The molecular weight excluding hydrogens is 380 g/mol. The summed E-state index contributed by atoms with van der Waals surface area (Å²) in [5.41, 5.74) is 1.57. The number of carbonyl (C=O) groups is 2. The molecule has 2 aromatic heterocycles. The molecule has 0 atom stereocenters. The Bertz CT molecular complexity index is 979. The number of ether oxygens (including phenoxy) is 1. The van der Waals surface area contributed by atoms with Gasteiger partial charge in [-0.2, -0.15) is 0 Å². The van der Waals surface area contributed by atoms with Gasteiger partial charge in [0.2, 0.25) is 5.91 Å². The quantitative estimate of drug-likeness (QED) is 0.708. The number of amides is 2. The molecule has 0 aliphatic carbocycles. The zero-order chi connectivity index (χ0) is 19.5. The number of likely N-dealkylation sites (N-methyl/N-ethyl adjacent to an activating group) is 1. The average Bonchev–Trinajstić information content (AvgIpc) is 3.37. The first-order chi connectivity index (χ1) is 13.6. The van der Waals surface area contributed by atoms with E-state index in [0.29, 0.717) is 18.9 Å². The number of anilines is 2.